The highest BCUT2D eigenvalue weighted by atomic mass is 19.4. The number of aryl methyl sites for hydroxylation is 1. The maximum absolute atomic E-state index is 13.1. The molecule has 0 aromatic carbocycles. The van der Waals surface area contributed by atoms with Crippen LogP contribution >= 0.6 is 0 Å². The number of fused-ring (bicyclic) bond motifs is 1. The average molecular weight is 357 g/mol. The number of alkyl halides is 3. The first-order valence-corrected chi connectivity index (χ1v) is 7.75. The molecule has 2 atom stereocenters. The molecule has 0 unspecified atom stereocenters. The number of amides is 1. The largest absolute Gasteiger partial charge is 0.433 e. The highest BCUT2D eigenvalue weighted by Crippen LogP contribution is 2.29. The van der Waals surface area contributed by atoms with Gasteiger partial charge in [-0.3, -0.25) is 9.69 Å². The van der Waals surface area contributed by atoms with Crippen molar-refractivity contribution in [2.24, 2.45) is 0 Å². The summed E-state index contributed by atoms with van der Waals surface area (Å²) in [5.74, 6) is -0.562. The minimum atomic E-state index is -4.60. The minimum Gasteiger partial charge on any atom is -0.395 e. The van der Waals surface area contributed by atoms with Crippen LogP contribution in [0, 0.1) is 6.92 Å². The number of hydrogen-bond acceptors (Lipinski definition) is 5. The van der Waals surface area contributed by atoms with Gasteiger partial charge in [0.15, 0.2) is 11.3 Å². The van der Waals surface area contributed by atoms with E-state index in [0.717, 1.165) is 6.07 Å². The second-order valence-electron chi connectivity index (χ2n) is 6.26. The van der Waals surface area contributed by atoms with E-state index in [0.29, 0.717) is 17.5 Å². The topological polar surface area (TPSA) is 82.8 Å². The third-order valence-electron chi connectivity index (χ3n) is 4.31. The van der Waals surface area contributed by atoms with Gasteiger partial charge in [-0.1, -0.05) is 0 Å². The first-order valence-electron chi connectivity index (χ1n) is 7.75. The molecule has 7 nitrogen and oxygen atoms in total. The number of hydrogen-bond donors (Lipinski definition) is 2. The van der Waals surface area contributed by atoms with Crippen molar-refractivity contribution < 1.29 is 23.1 Å². The van der Waals surface area contributed by atoms with E-state index < -0.39 is 17.8 Å². The predicted molar refractivity (Wildman–Crippen MR) is 82.1 cm³/mol. The molecule has 136 valence electrons. The molecule has 0 spiro atoms. The zero-order valence-corrected chi connectivity index (χ0v) is 13.7. The van der Waals surface area contributed by atoms with E-state index >= 15 is 0 Å². The fourth-order valence-electron chi connectivity index (χ4n) is 3.07. The van der Waals surface area contributed by atoms with Gasteiger partial charge in [0, 0.05) is 30.4 Å². The van der Waals surface area contributed by atoms with Crippen molar-refractivity contribution in [3.63, 3.8) is 0 Å². The van der Waals surface area contributed by atoms with Gasteiger partial charge in [-0.2, -0.15) is 18.3 Å². The van der Waals surface area contributed by atoms with Crippen molar-refractivity contribution >= 4 is 11.6 Å². The van der Waals surface area contributed by atoms with E-state index in [1.165, 1.54) is 13.0 Å². The Morgan fingerprint density at radius 2 is 2.16 bits per heavy atom. The Hall–Kier alpha value is -2.20. The Morgan fingerprint density at radius 1 is 1.44 bits per heavy atom. The molecule has 1 aliphatic rings. The number of likely N-dealkylation sites (N-methyl/N-ethyl adjacent to an activating group) is 1. The number of carbonyl (C=O) groups is 1. The van der Waals surface area contributed by atoms with Gasteiger partial charge in [0.2, 0.25) is 0 Å². The Kier molecular flexibility index (Phi) is 4.41. The Labute approximate surface area is 141 Å². The molecule has 2 aromatic rings. The van der Waals surface area contributed by atoms with Gasteiger partial charge >= 0.3 is 6.18 Å². The van der Waals surface area contributed by atoms with Crippen molar-refractivity contribution in [3.8, 4) is 0 Å². The highest BCUT2D eigenvalue weighted by Gasteiger charge is 2.35. The number of likely N-dealkylation sites (tertiary alicyclic amines) is 1. The lowest BCUT2D eigenvalue weighted by atomic mass is 10.2. The number of aromatic nitrogens is 3. The molecule has 2 aromatic heterocycles. The quantitative estimate of drug-likeness (QED) is 0.851. The van der Waals surface area contributed by atoms with E-state index in [1.54, 1.807) is 0 Å². The first-order chi connectivity index (χ1) is 11.7. The molecule has 0 saturated carbocycles. The minimum absolute atomic E-state index is 0.0185. The highest BCUT2D eigenvalue weighted by molar-refractivity contribution is 5.93. The second-order valence-corrected chi connectivity index (χ2v) is 6.26. The summed E-state index contributed by atoms with van der Waals surface area (Å²) in [6.07, 6.45) is -4.04. The van der Waals surface area contributed by atoms with Crippen LogP contribution < -0.4 is 5.32 Å². The summed E-state index contributed by atoms with van der Waals surface area (Å²) in [6.45, 7) is 1.98. The van der Waals surface area contributed by atoms with Gasteiger partial charge in [-0.25, -0.2) is 9.50 Å². The van der Waals surface area contributed by atoms with Crippen molar-refractivity contribution in [2.45, 2.75) is 31.6 Å². The van der Waals surface area contributed by atoms with Crippen LogP contribution in [0.2, 0.25) is 0 Å². The number of aliphatic hydroxyl groups excluding tert-OH is 1. The van der Waals surface area contributed by atoms with Crippen LogP contribution in [0.5, 0.6) is 0 Å². The van der Waals surface area contributed by atoms with E-state index in [-0.39, 0.29) is 35.7 Å². The van der Waals surface area contributed by atoms with Crippen LogP contribution in [0.25, 0.3) is 5.65 Å². The smallest absolute Gasteiger partial charge is 0.395 e. The summed E-state index contributed by atoms with van der Waals surface area (Å²) in [5.41, 5.74) is -0.946. The van der Waals surface area contributed by atoms with Gasteiger partial charge in [-0.05, 0) is 26.5 Å². The zero-order valence-electron chi connectivity index (χ0n) is 13.7. The molecule has 1 fully saturated rings. The van der Waals surface area contributed by atoms with Crippen molar-refractivity contribution in [2.75, 3.05) is 20.2 Å². The summed E-state index contributed by atoms with van der Waals surface area (Å²) in [4.78, 5) is 18.3. The number of carbonyl (C=O) groups excluding carboxylic acids is 1. The molecular weight excluding hydrogens is 339 g/mol. The number of rotatable bonds is 3. The van der Waals surface area contributed by atoms with Gasteiger partial charge in [0.25, 0.3) is 5.91 Å². The van der Waals surface area contributed by atoms with E-state index in [2.05, 4.69) is 15.4 Å². The van der Waals surface area contributed by atoms with Crippen LogP contribution in [0.4, 0.5) is 13.2 Å². The third kappa shape index (κ3) is 3.45. The van der Waals surface area contributed by atoms with Crippen molar-refractivity contribution in [3.05, 3.63) is 29.2 Å². The lowest BCUT2D eigenvalue weighted by molar-refractivity contribution is -0.142. The fraction of sp³-hybridized carbons (Fsp3) is 0.533. The maximum atomic E-state index is 13.1. The predicted octanol–water partition coefficient (Wildman–Crippen LogP) is 0.851. The second kappa shape index (κ2) is 6.26. The number of nitrogens with one attached hydrogen (secondary N) is 1. The Bertz CT molecular complexity index is 804. The number of aliphatic hydroxyl groups is 1. The van der Waals surface area contributed by atoms with Gasteiger partial charge in [0.05, 0.1) is 6.61 Å². The van der Waals surface area contributed by atoms with Gasteiger partial charge in [0.1, 0.15) is 5.69 Å². The van der Waals surface area contributed by atoms with E-state index in [9.17, 15) is 23.1 Å². The monoisotopic (exact) mass is 357 g/mol. The summed E-state index contributed by atoms with van der Waals surface area (Å²) in [5, 5.41) is 15.8. The van der Waals surface area contributed by atoms with Crippen LogP contribution in [-0.4, -0.2) is 62.8 Å². The van der Waals surface area contributed by atoms with Crippen molar-refractivity contribution in [1.29, 1.82) is 0 Å². The molecule has 25 heavy (non-hydrogen) atoms. The summed E-state index contributed by atoms with van der Waals surface area (Å²) < 4.78 is 40.1. The molecule has 0 radical (unpaired) electrons. The SMILES string of the molecule is Cc1cc(C(F)(F)F)n2nc(C(=O)N[C@@H]3C[C@@H](CO)N(C)C3)cc2n1. The Balaban J connectivity index is 1.86. The van der Waals surface area contributed by atoms with Gasteiger partial charge < -0.3 is 10.4 Å². The summed E-state index contributed by atoms with van der Waals surface area (Å²) in [7, 11) is 1.83. The average Bonchev–Trinajstić information content (AvgIpc) is 3.08. The number of nitrogens with zero attached hydrogens (tertiary/aromatic N) is 4. The lowest BCUT2D eigenvalue weighted by Gasteiger charge is -2.15. The number of halogens is 3. The molecule has 3 rings (SSSR count). The normalized spacial score (nSPS) is 21.8. The molecule has 0 bridgehead atoms. The zero-order chi connectivity index (χ0) is 18.4. The van der Waals surface area contributed by atoms with Crippen molar-refractivity contribution in [1.82, 2.24) is 24.8 Å². The van der Waals surface area contributed by atoms with Crippen LogP contribution in [0.3, 0.4) is 0 Å². The van der Waals surface area contributed by atoms with Crippen LogP contribution in [0.15, 0.2) is 12.1 Å². The standard InChI is InChI=1S/C15H18F3N5O2/c1-8-3-12(15(16,17)18)23-13(19-8)5-11(21-23)14(25)20-9-4-10(7-24)22(2)6-9/h3,5,9-10,24H,4,6-7H2,1-2H3,(H,20,25)/t9-,10+/m1/s1. The van der Waals surface area contributed by atoms with E-state index in [1.807, 2.05) is 11.9 Å². The molecule has 1 saturated heterocycles. The molecule has 0 aliphatic carbocycles. The molecule has 2 N–H and O–H groups in total. The lowest BCUT2D eigenvalue weighted by Crippen LogP contribution is -2.36. The third-order valence-corrected chi connectivity index (χ3v) is 4.31. The Morgan fingerprint density at radius 3 is 2.76 bits per heavy atom. The molecule has 10 heteroatoms. The van der Waals surface area contributed by atoms with Gasteiger partial charge in [-0.15, -0.1) is 0 Å². The first kappa shape index (κ1) is 17.6. The molecular formula is C15H18F3N5O2. The van der Waals surface area contributed by atoms with Crippen LogP contribution in [0.1, 0.15) is 28.3 Å². The maximum Gasteiger partial charge on any atom is 0.433 e. The summed E-state index contributed by atoms with van der Waals surface area (Å²) in [6, 6.07) is 1.88. The molecule has 1 aliphatic heterocycles. The molecule has 1 amide bonds. The fourth-order valence-corrected chi connectivity index (χ4v) is 3.07. The summed E-state index contributed by atoms with van der Waals surface area (Å²) >= 11 is 0. The molecule has 3 heterocycles. The van der Waals surface area contributed by atoms with Crippen LogP contribution in [-0.2, 0) is 6.18 Å². The van der Waals surface area contributed by atoms with E-state index in [4.69, 9.17) is 0 Å².